The summed E-state index contributed by atoms with van der Waals surface area (Å²) in [7, 11) is -3.61. The minimum absolute atomic E-state index is 0.299. The lowest BCUT2D eigenvalue weighted by Gasteiger charge is -2.11. The number of aryl methyl sites for hydroxylation is 2. The van der Waals surface area contributed by atoms with Crippen LogP contribution >= 0.6 is 11.3 Å². The van der Waals surface area contributed by atoms with E-state index in [1.807, 2.05) is 42.1 Å². The van der Waals surface area contributed by atoms with Gasteiger partial charge in [-0.1, -0.05) is 19.1 Å². The first-order valence-electron chi connectivity index (χ1n) is 8.12. The van der Waals surface area contributed by atoms with Crippen LogP contribution in [0.4, 0.5) is 5.69 Å². The van der Waals surface area contributed by atoms with Crippen LogP contribution in [0.15, 0.2) is 46.1 Å². The van der Waals surface area contributed by atoms with Gasteiger partial charge in [-0.05, 0) is 49.6 Å². The van der Waals surface area contributed by atoms with Crippen molar-refractivity contribution in [2.24, 2.45) is 0 Å². The number of nitrogens with one attached hydrogen (secondary N) is 1. The topological polar surface area (TPSA) is 64.0 Å². The van der Waals surface area contributed by atoms with E-state index >= 15 is 0 Å². The number of rotatable bonds is 6. The summed E-state index contributed by atoms with van der Waals surface area (Å²) < 4.78 is 30.4. The largest absolute Gasteiger partial charge is 0.279 e. The monoisotopic (exact) mass is 375 g/mol. The third-order valence-corrected chi connectivity index (χ3v) is 6.94. The number of hydrogen-bond acceptors (Lipinski definition) is 4. The van der Waals surface area contributed by atoms with Gasteiger partial charge in [0.25, 0.3) is 10.0 Å². The van der Waals surface area contributed by atoms with Crippen molar-refractivity contribution >= 4 is 27.0 Å². The molecule has 0 amide bonds. The van der Waals surface area contributed by atoms with Gasteiger partial charge in [-0.15, -0.1) is 11.3 Å². The van der Waals surface area contributed by atoms with Crippen molar-refractivity contribution in [3.8, 4) is 11.3 Å². The molecule has 0 aliphatic carbocycles. The van der Waals surface area contributed by atoms with Crippen LogP contribution in [0.25, 0.3) is 11.3 Å². The van der Waals surface area contributed by atoms with Crippen molar-refractivity contribution in [1.82, 2.24) is 9.78 Å². The van der Waals surface area contributed by atoms with Crippen LogP contribution in [0, 0.1) is 13.8 Å². The van der Waals surface area contributed by atoms with E-state index in [9.17, 15) is 8.42 Å². The molecule has 7 heteroatoms. The second kappa shape index (κ2) is 7.01. The highest BCUT2D eigenvalue weighted by molar-refractivity contribution is 7.94. The van der Waals surface area contributed by atoms with Gasteiger partial charge >= 0.3 is 0 Å². The summed E-state index contributed by atoms with van der Waals surface area (Å²) in [6.07, 6.45) is 2.71. The van der Waals surface area contributed by atoms with Crippen LogP contribution in [-0.4, -0.2) is 18.2 Å². The third-order valence-electron chi connectivity index (χ3n) is 4.14. The first-order valence-corrected chi connectivity index (χ1v) is 10.5. The summed E-state index contributed by atoms with van der Waals surface area (Å²) >= 11 is 1.22. The second-order valence-corrected chi connectivity index (χ2v) is 8.77. The molecule has 2 aromatic heterocycles. The van der Waals surface area contributed by atoms with Crippen LogP contribution < -0.4 is 4.72 Å². The minimum atomic E-state index is -3.61. The van der Waals surface area contributed by atoms with E-state index in [1.165, 1.54) is 11.3 Å². The Morgan fingerprint density at radius 2 is 2.04 bits per heavy atom. The van der Waals surface area contributed by atoms with Crippen LogP contribution in [0.2, 0.25) is 0 Å². The molecule has 0 saturated carbocycles. The third kappa shape index (κ3) is 3.62. The van der Waals surface area contributed by atoms with E-state index in [4.69, 9.17) is 0 Å². The Balaban J connectivity index is 1.90. The van der Waals surface area contributed by atoms with E-state index < -0.39 is 10.0 Å². The van der Waals surface area contributed by atoms with Crippen molar-refractivity contribution < 1.29 is 8.42 Å². The SMILES string of the molecule is CCCn1nccc1-c1csc(S(=O)(=O)Nc2cccc(C)c2C)c1. The van der Waals surface area contributed by atoms with Crippen molar-refractivity contribution in [1.29, 1.82) is 0 Å². The Morgan fingerprint density at radius 1 is 1.24 bits per heavy atom. The lowest BCUT2D eigenvalue weighted by Crippen LogP contribution is -2.12. The zero-order chi connectivity index (χ0) is 18.0. The molecule has 1 aromatic carbocycles. The molecule has 0 saturated heterocycles. The molecule has 2 heterocycles. The number of thiophene rings is 1. The van der Waals surface area contributed by atoms with Crippen LogP contribution in [0.5, 0.6) is 0 Å². The highest BCUT2D eigenvalue weighted by Gasteiger charge is 2.19. The predicted molar refractivity (Wildman–Crippen MR) is 103 cm³/mol. The van der Waals surface area contributed by atoms with Crippen molar-refractivity contribution in [3.63, 3.8) is 0 Å². The Hall–Kier alpha value is -2.12. The number of nitrogens with zero attached hydrogens (tertiary/aromatic N) is 2. The normalized spacial score (nSPS) is 11.6. The second-order valence-electron chi connectivity index (χ2n) is 5.95. The maximum absolute atomic E-state index is 12.7. The summed E-state index contributed by atoms with van der Waals surface area (Å²) in [5, 5.41) is 6.16. The lowest BCUT2D eigenvalue weighted by atomic mass is 10.1. The van der Waals surface area contributed by atoms with Gasteiger partial charge in [0.05, 0.1) is 11.4 Å². The highest BCUT2D eigenvalue weighted by Crippen LogP contribution is 2.30. The molecule has 3 rings (SSSR count). The summed E-state index contributed by atoms with van der Waals surface area (Å²) in [5.41, 5.74) is 4.41. The molecule has 1 N–H and O–H groups in total. The molecule has 3 aromatic rings. The maximum Gasteiger partial charge on any atom is 0.271 e. The van der Waals surface area contributed by atoms with Crippen LogP contribution in [-0.2, 0) is 16.6 Å². The van der Waals surface area contributed by atoms with Gasteiger partial charge in [-0.3, -0.25) is 9.40 Å². The fourth-order valence-corrected chi connectivity index (χ4v) is 4.91. The number of aromatic nitrogens is 2. The van der Waals surface area contributed by atoms with Gasteiger partial charge in [-0.2, -0.15) is 5.10 Å². The van der Waals surface area contributed by atoms with E-state index in [0.29, 0.717) is 9.90 Å². The molecule has 25 heavy (non-hydrogen) atoms. The van der Waals surface area contributed by atoms with E-state index in [1.54, 1.807) is 18.3 Å². The molecule has 0 unspecified atom stereocenters. The molecule has 0 bridgehead atoms. The minimum Gasteiger partial charge on any atom is -0.279 e. The molecule has 0 atom stereocenters. The Morgan fingerprint density at radius 3 is 2.80 bits per heavy atom. The van der Waals surface area contributed by atoms with Crippen LogP contribution in [0.1, 0.15) is 24.5 Å². The summed E-state index contributed by atoms with van der Waals surface area (Å²) in [6.45, 7) is 6.77. The zero-order valence-corrected chi connectivity index (χ0v) is 16.1. The smallest absolute Gasteiger partial charge is 0.271 e. The van der Waals surface area contributed by atoms with Gasteiger partial charge in [0.2, 0.25) is 0 Å². The number of hydrogen-bond donors (Lipinski definition) is 1. The fourth-order valence-electron chi connectivity index (χ4n) is 2.62. The van der Waals surface area contributed by atoms with Crippen molar-refractivity contribution in [3.05, 3.63) is 53.0 Å². The van der Waals surface area contributed by atoms with Gasteiger partial charge in [0.15, 0.2) is 0 Å². The van der Waals surface area contributed by atoms with Gasteiger partial charge in [-0.25, -0.2) is 8.42 Å². The number of sulfonamides is 1. The Labute approximate surface area is 152 Å². The van der Waals surface area contributed by atoms with Gasteiger partial charge in [0, 0.05) is 23.7 Å². The molecule has 0 fully saturated rings. The zero-order valence-electron chi connectivity index (χ0n) is 14.5. The average molecular weight is 376 g/mol. The molecule has 5 nitrogen and oxygen atoms in total. The van der Waals surface area contributed by atoms with E-state index in [2.05, 4.69) is 16.7 Å². The quantitative estimate of drug-likeness (QED) is 0.693. The number of benzene rings is 1. The molecule has 132 valence electrons. The van der Waals surface area contributed by atoms with Crippen LogP contribution in [0.3, 0.4) is 0 Å². The lowest BCUT2D eigenvalue weighted by molar-refractivity contribution is 0.603. The Kier molecular flexibility index (Phi) is 4.96. The standard InChI is InChI=1S/C18H21N3O2S2/c1-4-10-21-17(8-9-19-21)15-11-18(24-12-15)25(22,23)20-16-7-5-6-13(2)14(16)3/h5-9,11-12,20H,4,10H2,1-3H3. The van der Waals surface area contributed by atoms with E-state index in [0.717, 1.165) is 35.3 Å². The highest BCUT2D eigenvalue weighted by atomic mass is 32.2. The summed E-state index contributed by atoms with van der Waals surface area (Å²) in [6, 6.07) is 9.22. The molecule has 0 radical (unpaired) electrons. The van der Waals surface area contributed by atoms with Crippen molar-refractivity contribution in [2.45, 2.75) is 37.9 Å². The van der Waals surface area contributed by atoms with Gasteiger partial charge < -0.3 is 0 Å². The first kappa shape index (κ1) is 17.7. The number of anilines is 1. The summed E-state index contributed by atoms with van der Waals surface area (Å²) in [4.78, 5) is 0. The molecular formula is C18H21N3O2S2. The average Bonchev–Trinajstić information content (AvgIpc) is 3.21. The Bertz CT molecular complexity index is 987. The first-order chi connectivity index (χ1) is 11.9. The predicted octanol–water partition coefficient (Wildman–Crippen LogP) is 4.44. The summed E-state index contributed by atoms with van der Waals surface area (Å²) in [5.74, 6) is 0. The molecule has 0 spiro atoms. The molecule has 0 aliphatic heterocycles. The fraction of sp³-hybridized carbons (Fsp3) is 0.278. The maximum atomic E-state index is 12.7. The molecular weight excluding hydrogens is 354 g/mol. The van der Waals surface area contributed by atoms with E-state index in [-0.39, 0.29) is 0 Å². The van der Waals surface area contributed by atoms with Crippen molar-refractivity contribution in [2.75, 3.05) is 4.72 Å². The molecule has 0 aliphatic rings. The van der Waals surface area contributed by atoms with Gasteiger partial charge in [0.1, 0.15) is 4.21 Å².